The maximum atomic E-state index is 13.1. The van der Waals surface area contributed by atoms with Crippen molar-refractivity contribution in [2.75, 3.05) is 24.7 Å². The zero-order valence-corrected chi connectivity index (χ0v) is 20.5. The van der Waals surface area contributed by atoms with Gasteiger partial charge in [-0.2, -0.15) is 0 Å². The van der Waals surface area contributed by atoms with E-state index in [4.69, 9.17) is 4.74 Å². The fraction of sp³-hybridized carbons (Fsp3) is 0.423. The van der Waals surface area contributed by atoms with Gasteiger partial charge in [0.1, 0.15) is 5.75 Å². The normalized spacial score (nSPS) is 16.6. The first-order valence-corrected chi connectivity index (χ1v) is 12.8. The van der Waals surface area contributed by atoms with Crippen LogP contribution in [0.25, 0.3) is 0 Å². The predicted molar refractivity (Wildman–Crippen MR) is 133 cm³/mol. The van der Waals surface area contributed by atoms with Crippen molar-refractivity contribution in [3.8, 4) is 5.75 Å². The Balaban J connectivity index is 1.39. The molecule has 0 radical (unpaired) electrons. The molecule has 180 valence electrons. The monoisotopic (exact) mass is 481 g/mol. The molecule has 2 aliphatic rings. The summed E-state index contributed by atoms with van der Waals surface area (Å²) in [6.07, 6.45) is 5.76. The van der Waals surface area contributed by atoms with Crippen molar-refractivity contribution in [1.82, 2.24) is 10.2 Å². The number of carbonyl (C=O) groups excluding carboxylic acids is 3. The van der Waals surface area contributed by atoms with E-state index in [2.05, 4.69) is 10.6 Å². The first-order chi connectivity index (χ1) is 16.4. The Morgan fingerprint density at radius 1 is 1.18 bits per heavy atom. The number of nitrogens with one attached hydrogen (secondary N) is 2. The second-order valence-corrected chi connectivity index (χ2v) is 9.89. The molecule has 3 amide bonds. The maximum Gasteiger partial charge on any atom is 0.262 e. The van der Waals surface area contributed by atoms with Crippen LogP contribution in [0.15, 0.2) is 47.4 Å². The molecule has 1 atom stereocenters. The summed E-state index contributed by atoms with van der Waals surface area (Å²) in [5, 5.41) is 5.83. The molecular weight excluding hydrogens is 450 g/mol. The fourth-order valence-electron chi connectivity index (χ4n) is 4.42. The maximum absolute atomic E-state index is 13.1. The van der Waals surface area contributed by atoms with Crippen molar-refractivity contribution in [2.45, 2.75) is 56.0 Å². The zero-order valence-electron chi connectivity index (χ0n) is 19.6. The van der Waals surface area contributed by atoms with E-state index in [0.29, 0.717) is 28.8 Å². The largest absolute Gasteiger partial charge is 0.482 e. The number of anilines is 1. The molecule has 4 rings (SSSR count). The van der Waals surface area contributed by atoms with Crippen LogP contribution >= 0.6 is 11.8 Å². The van der Waals surface area contributed by atoms with Crippen LogP contribution in [0.3, 0.4) is 0 Å². The first kappa shape index (κ1) is 24.1. The lowest BCUT2D eigenvalue weighted by atomic mass is 9.94. The lowest BCUT2D eigenvalue weighted by molar-refractivity contribution is -0.129. The molecule has 2 aromatic carbocycles. The van der Waals surface area contributed by atoms with E-state index < -0.39 is 0 Å². The molecule has 0 saturated heterocycles. The van der Waals surface area contributed by atoms with Crippen molar-refractivity contribution < 1.29 is 19.1 Å². The molecule has 1 fully saturated rings. The van der Waals surface area contributed by atoms with Crippen LogP contribution in [0.2, 0.25) is 0 Å². The van der Waals surface area contributed by atoms with Crippen LogP contribution in [-0.4, -0.2) is 48.1 Å². The van der Waals surface area contributed by atoms with Gasteiger partial charge in [-0.05, 0) is 49.6 Å². The highest BCUT2D eigenvalue weighted by molar-refractivity contribution is 8.00. The Labute approximate surface area is 204 Å². The summed E-state index contributed by atoms with van der Waals surface area (Å²) in [5.41, 5.74) is 2.00. The Hall–Kier alpha value is -3.00. The summed E-state index contributed by atoms with van der Waals surface area (Å²) >= 11 is 1.40. The number of carbonyl (C=O) groups is 3. The predicted octanol–water partition coefficient (Wildman–Crippen LogP) is 4.39. The molecule has 1 saturated carbocycles. The second kappa shape index (κ2) is 11.0. The number of thioether (sulfide) groups is 1. The third-order valence-corrected chi connectivity index (χ3v) is 7.54. The van der Waals surface area contributed by atoms with Gasteiger partial charge in [0.2, 0.25) is 5.91 Å². The number of nitrogens with zero attached hydrogens (tertiary/aromatic N) is 1. The quantitative estimate of drug-likeness (QED) is 0.573. The molecule has 0 spiro atoms. The molecule has 2 N–H and O–H groups in total. The molecule has 1 unspecified atom stereocenters. The SMILES string of the molecule is CC(NC(=O)c1ccccc1SCC(=O)N(C)C1CCCCC1)c1ccc2c(c1)NC(=O)CO2. The summed E-state index contributed by atoms with van der Waals surface area (Å²) < 4.78 is 5.41. The van der Waals surface area contributed by atoms with E-state index in [9.17, 15) is 14.4 Å². The molecule has 8 heteroatoms. The smallest absolute Gasteiger partial charge is 0.262 e. The average Bonchev–Trinajstić information content (AvgIpc) is 2.86. The van der Waals surface area contributed by atoms with Gasteiger partial charge >= 0.3 is 0 Å². The highest BCUT2D eigenvalue weighted by Gasteiger charge is 2.23. The lowest BCUT2D eigenvalue weighted by Crippen LogP contribution is -2.39. The average molecular weight is 482 g/mol. The van der Waals surface area contributed by atoms with Gasteiger partial charge in [-0.15, -0.1) is 11.8 Å². The third-order valence-electron chi connectivity index (χ3n) is 6.48. The van der Waals surface area contributed by atoms with Crippen LogP contribution in [0, 0.1) is 0 Å². The number of amides is 3. The van der Waals surface area contributed by atoms with E-state index in [-0.39, 0.29) is 30.4 Å². The minimum atomic E-state index is -0.284. The van der Waals surface area contributed by atoms with Crippen LogP contribution in [0.1, 0.15) is 61.0 Å². The lowest BCUT2D eigenvalue weighted by Gasteiger charge is -2.31. The number of ether oxygens (including phenoxy) is 1. The van der Waals surface area contributed by atoms with E-state index in [1.807, 2.05) is 49.2 Å². The second-order valence-electron chi connectivity index (χ2n) is 8.87. The summed E-state index contributed by atoms with van der Waals surface area (Å²) in [4.78, 5) is 40.1. The number of benzene rings is 2. The zero-order chi connectivity index (χ0) is 24.1. The number of hydrogen-bond donors (Lipinski definition) is 2. The van der Waals surface area contributed by atoms with Crippen LogP contribution in [-0.2, 0) is 9.59 Å². The number of fused-ring (bicyclic) bond motifs is 1. The van der Waals surface area contributed by atoms with Crippen molar-refractivity contribution in [2.24, 2.45) is 0 Å². The summed E-state index contributed by atoms with van der Waals surface area (Å²) in [7, 11) is 1.89. The number of rotatable bonds is 7. The van der Waals surface area contributed by atoms with Crippen LogP contribution in [0.4, 0.5) is 5.69 Å². The van der Waals surface area contributed by atoms with Crippen molar-refractivity contribution >= 4 is 35.2 Å². The van der Waals surface area contributed by atoms with Crippen LogP contribution < -0.4 is 15.4 Å². The van der Waals surface area contributed by atoms with Gasteiger partial charge in [0, 0.05) is 18.0 Å². The molecule has 1 aliphatic carbocycles. The van der Waals surface area contributed by atoms with E-state index in [1.165, 1.54) is 31.0 Å². The third kappa shape index (κ3) is 5.73. The Morgan fingerprint density at radius 2 is 1.94 bits per heavy atom. The summed E-state index contributed by atoms with van der Waals surface area (Å²) in [6, 6.07) is 12.9. The minimum absolute atomic E-state index is 0.00599. The molecule has 34 heavy (non-hydrogen) atoms. The Kier molecular flexibility index (Phi) is 7.77. The summed E-state index contributed by atoms with van der Waals surface area (Å²) in [5.74, 6) is 0.611. The molecule has 0 aromatic heterocycles. The number of hydrogen-bond acceptors (Lipinski definition) is 5. The fourth-order valence-corrected chi connectivity index (χ4v) is 5.39. The van der Waals surface area contributed by atoms with Gasteiger partial charge in [0.05, 0.1) is 23.0 Å². The van der Waals surface area contributed by atoms with Gasteiger partial charge in [0.15, 0.2) is 6.61 Å². The van der Waals surface area contributed by atoms with E-state index >= 15 is 0 Å². The van der Waals surface area contributed by atoms with E-state index in [0.717, 1.165) is 23.3 Å². The molecule has 2 aromatic rings. The van der Waals surface area contributed by atoms with Gasteiger partial charge in [0.25, 0.3) is 11.8 Å². The van der Waals surface area contributed by atoms with Crippen molar-refractivity contribution in [3.05, 3.63) is 53.6 Å². The molecule has 1 heterocycles. The first-order valence-electron chi connectivity index (χ1n) is 11.8. The Morgan fingerprint density at radius 3 is 2.74 bits per heavy atom. The van der Waals surface area contributed by atoms with Gasteiger partial charge in [-0.25, -0.2) is 0 Å². The van der Waals surface area contributed by atoms with Gasteiger partial charge in [-0.1, -0.05) is 37.5 Å². The summed E-state index contributed by atoms with van der Waals surface area (Å²) in [6.45, 7) is 1.90. The highest BCUT2D eigenvalue weighted by atomic mass is 32.2. The van der Waals surface area contributed by atoms with Gasteiger partial charge in [-0.3, -0.25) is 14.4 Å². The molecular formula is C26H31N3O4S. The molecule has 1 aliphatic heterocycles. The van der Waals surface area contributed by atoms with Crippen molar-refractivity contribution in [3.63, 3.8) is 0 Å². The van der Waals surface area contributed by atoms with Crippen LogP contribution in [0.5, 0.6) is 5.75 Å². The molecule has 7 nitrogen and oxygen atoms in total. The topological polar surface area (TPSA) is 87.7 Å². The Bertz CT molecular complexity index is 1070. The molecule has 0 bridgehead atoms. The van der Waals surface area contributed by atoms with E-state index in [1.54, 1.807) is 12.1 Å². The van der Waals surface area contributed by atoms with Crippen molar-refractivity contribution in [1.29, 1.82) is 0 Å². The van der Waals surface area contributed by atoms with Gasteiger partial charge < -0.3 is 20.3 Å². The standard InChI is InChI=1S/C26H31N3O4S/c1-17(18-12-13-22-21(14-18)28-24(30)15-33-22)27-26(32)20-10-6-7-11-23(20)34-16-25(31)29(2)19-8-4-3-5-9-19/h6-7,10-14,17,19H,3-5,8-9,15-16H2,1-2H3,(H,27,32)(H,28,30). The highest BCUT2D eigenvalue weighted by Crippen LogP contribution is 2.31. The minimum Gasteiger partial charge on any atom is -0.482 e.